The number of fused-ring (bicyclic) bond motifs is 1. The van der Waals surface area contributed by atoms with Crippen molar-refractivity contribution in [2.75, 3.05) is 18.2 Å². The van der Waals surface area contributed by atoms with Gasteiger partial charge in [-0.3, -0.25) is 9.59 Å². The Morgan fingerprint density at radius 1 is 1.06 bits per heavy atom. The minimum atomic E-state index is -0.371. The van der Waals surface area contributed by atoms with Crippen molar-refractivity contribution in [1.82, 2.24) is 4.98 Å². The van der Waals surface area contributed by atoms with Gasteiger partial charge in [0.05, 0.1) is 23.1 Å². The van der Waals surface area contributed by atoms with Crippen LogP contribution in [0.5, 0.6) is 5.75 Å². The maximum Gasteiger partial charge on any atom is 0.255 e. The van der Waals surface area contributed by atoms with Crippen molar-refractivity contribution in [2.45, 2.75) is 4.34 Å². The second kappa shape index (κ2) is 9.28. The Balaban J connectivity index is 1.43. The van der Waals surface area contributed by atoms with Crippen LogP contribution in [0.1, 0.15) is 20.7 Å². The summed E-state index contributed by atoms with van der Waals surface area (Å²) in [7, 11) is 1.55. The number of ketones is 1. The van der Waals surface area contributed by atoms with Gasteiger partial charge in [-0.05, 0) is 60.7 Å². The molecule has 5 nitrogen and oxygen atoms in total. The Morgan fingerprint density at radius 2 is 1.87 bits per heavy atom. The summed E-state index contributed by atoms with van der Waals surface area (Å²) in [4.78, 5) is 29.3. The number of thioether (sulfide) groups is 1. The number of hydrogen-bond acceptors (Lipinski definition) is 6. The molecule has 156 valence electrons. The van der Waals surface area contributed by atoms with Gasteiger partial charge in [-0.15, -0.1) is 11.3 Å². The average Bonchev–Trinajstić information content (AvgIpc) is 3.20. The average molecular weight is 453 g/mol. The first-order valence-electron chi connectivity index (χ1n) is 9.29. The molecule has 0 unspecified atom stereocenters. The first-order chi connectivity index (χ1) is 15.0. The van der Waals surface area contributed by atoms with Crippen LogP contribution in [0, 0.1) is 5.82 Å². The molecule has 1 heterocycles. The van der Waals surface area contributed by atoms with Gasteiger partial charge >= 0.3 is 0 Å². The number of carbonyl (C=O) groups excluding carboxylic acids is 2. The molecule has 0 atom stereocenters. The lowest BCUT2D eigenvalue weighted by Crippen LogP contribution is -2.11. The summed E-state index contributed by atoms with van der Waals surface area (Å²) < 4.78 is 19.8. The minimum absolute atomic E-state index is 0.0875. The van der Waals surface area contributed by atoms with Crippen LogP contribution in [0.15, 0.2) is 71.1 Å². The highest BCUT2D eigenvalue weighted by Crippen LogP contribution is 2.32. The van der Waals surface area contributed by atoms with Gasteiger partial charge in [-0.25, -0.2) is 9.37 Å². The standard InChI is InChI=1S/C23H17FN2O3S2/c1-29-18-4-2-3-15(11-18)22(28)25-17-9-10-19-21(12-17)31-23(26-19)30-13-20(27)14-5-7-16(24)8-6-14/h2-12H,13H2,1H3,(H,25,28). The van der Waals surface area contributed by atoms with Gasteiger partial charge in [0.1, 0.15) is 11.6 Å². The molecule has 0 aliphatic rings. The third kappa shape index (κ3) is 5.10. The first kappa shape index (κ1) is 21.0. The lowest BCUT2D eigenvalue weighted by atomic mass is 10.1. The van der Waals surface area contributed by atoms with Crippen LogP contribution in [-0.2, 0) is 0 Å². The quantitative estimate of drug-likeness (QED) is 0.289. The molecule has 0 spiro atoms. The molecule has 3 aromatic carbocycles. The third-order valence-corrected chi connectivity index (χ3v) is 6.61. The lowest BCUT2D eigenvalue weighted by Gasteiger charge is -2.06. The zero-order chi connectivity index (χ0) is 21.8. The highest BCUT2D eigenvalue weighted by Gasteiger charge is 2.12. The summed E-state index contributed by atoms with van der Waals surface area (Å²) in [6, 6.07) is 17.9. The van der Waals surface area contributed by atoms with Gasteiger partial charge in [0.2, 0.25) is 0 Å². The Hall–Kier alpha value is -3.23. The number of thiazole rings is 1. The number of carbonyl (C=O) groups is 2. The molecule has 0 radical (unpaired) electrons. The van der Waals surface area contributed by atoms with Crippen molar-refractivity contribution in [2.24, 2.45) is 0 Å². The van der Waals surface area contributed by atoms with E-state index >= 15 is 0 Å². The normalized spacial score (nSPS) is 10.8. The molecule has 0 saturated carbocycles. The fourth-order valence-electron chi connectivity index (χ4n) is 2.86. The number of benzene rings is 3. The van der Waals surface area contributed by atoms with E-state index in [0.717, 1.165) is 14.6 Å². The summed E-state index contributed by atoms with van der Waals surface area (Å²) in [5.41, 5.74) is 2.42. The lowest BCUT2D eigenvalue weighted by molar-refractivity contribution is 0.101. The zero-order valence-electron chi connectivity index (χ0n) is 16.4. The number of aromatic nitrogens is 1. The van der Waals surface area contributed by atoms with Gasteiger partial charge < -0.3 is 10.1 Å². The highest BCUT2D eigenvalue weighted by atomic mass is 32.2. The SMILES string of the molecule is COc1cccc(C(=O)Nc2ccc3nc(SCC(=O)c4ccc(F)cc4)sc3c2)c1. The molecule has 31 heavy (non-hydrogen) atoms. The number of nitrogens with one attached hydrogen (secondary N) is 1. The second-order valence-corrected chi connectivity index (χ2v) is 8.82. The summed E-state index contributed by atoms with van der Waals surface area (Å²) in [6.45, 7) is 0. The molecule has 1 amide bonds. The van der Waals surface area contributed by atoms with Crippen molar-refractivity contribution < 1.29 is 18.7 Å². The van der Waals surface area contributed by atoms with Crippen molar-refractivity contribution in [3.8, 4) is 5.75 Å². The molecule has 4 aromatic rings. The van der Waals surface area contributed by atoms with E-state index in [1.54, 1.807) is 37.4 Å². The monoisotopic (exact) mass is 452 g/mol. The predicted molar refractivity (Wildman–Crippen MR) is 122 cm³/mol. The number of halogens is 1. The summed E-state index contributed by atoms with van der Waals surface area (Å²) in [5, 5.41) is 2.88. The minimum Gasteiger partial charge on any atom is -0.497 e. The topological polar surface area (TPSA) is 68.3 Å². The zero-order valence-corrected chi connectivity index (χ0v) is 18.1. The van der Waals surface area contributed by atoms with Crippen molar-refractivity contribution in [3.63, 3.8) is 0 Å². The van der Waals surface area contributed by atoms with E-state index in [0.29, 0.717) is 22.6 Å². The summed E-state index contributed by atoms with van der Waals surface area (Å²) in [6.07, 6.45) is 0. The van der Waals surface area contributed by atoms with Crippen molar-refractivity contribution in [3.05, 3.63) is 83.7 Å². The fourth-order valence-corrected chi connectivity index (χ4v) is 4.86. The second-order valence-electron chi connectivity index (χ2n) is 6.57. The number of rotatable bonds is 7. The maximum absolute atomic E-state index is 13.0. The first-order valence-corrected chi connectivity index (χ1v) is 11.1. The summed E-state index contributed by atoms with van der Waals surface area (Å²) in [5.74, 6) is 0.134. The van der Waals surface area contributed by atoms with E-state index in [1.807, 2.05) is 12.1 Å². The molecule has 1 N–H and O–H groups in total. The van der Waals surface area contributed by atoms with Crippen LogP contribution >= 0.6 is 23.1 Å². The van der Waals surface area contributed by atoms with E-state index < -0.39 is 0 Å². The maximum atomic E-state index is 13.0. The number of methoxy groups -OCH3 is 1. The Bertz CT molecular complexity index is 1260. The van der Waals surface area contributed by atoms with Crippen LogP contribution in [0.2, 0.25) is 0 Å². The van der Waals surface area contributed by atoms with E-state index in [4.69, 9.17) is 4.74 Å². The molecule has 0 bridgehead atoms. The van der Waals surface area contributed by atoms with Gasteiger partial charge in [0, 0.05) is 16.8 Å². The molecule has 0 fully saturated rings. The number of Topliss-reactive ketones (excluding diaryl/α,β-unsaturated/α-hetero) is 1. The predicted octanol–water partition coefficient (Wildman–Crippen LogP) is 5.67. The molecule has 0 aliphatic heterocycles. The smallest absolute Gasteiger partial charge is 0.255 e. The van der Waals surface area contributed by atoms with Gasteiger partial charge in [-0.1, -0.05) is 17.8 Å². The molecule has 0 saturated heterocycles. The van der Waals surface area contributed by atoms with Gasteiger partial charge in [-0.2, -0.15) is 0 Å². The van der Waals surface area contributed by atoms with Gasteiger partial charge in [0.15, 0.2) is 10.1 Å². The number of nitrogens with zero attached hydrogens (tertiary/aromatic N) is 1. The van der Waals surface area contributed by atoms with E-state index in [2.05, 4.69) is 10.3 Å². The van der Waals surface area contributed by atoms with E-state index in [-0.39, 0.29) is 23.3 Å². The van der Waals surface area contributed by atoms with Crippen LogP contribution in [0.4, 0.5) is 10.1 Å². The number of anilines is 1. The van der Waals surface area contributed by atoms with E-state index in [9.17, 15) is 14.0 Å². The number of hydrogen-bond donors (Lipinski definition) is 1. The number of amides is 1. The molecule has 8 heteroatoms. The molecule has 4 rings (SSSR count). The molecular formula is C23H17FN2O3S2. The van der Waals surface area contributed by atoms with Crippen LogP contribution in [0.25, 0.3) is 10.2 Å². The number of ether oxygens (including phenoxy) is 1. The molecule has 1 aromatic heterocycles. The fraction of sp³-hybridized carbons (Fsp3) is 0.0870. The highest BCUT2D eigenvalue weighted by molar-refractivity contribution is 8.01. The summed E-state index contributed by atoms with van der Waals surface area (Å²) >= 11 is 2.79. The van der Waals surface area contributed by atoms with Crippen LogP contribution < -0.4 is 10.1 Å². The van der Waals surface area contributed by atoms with Crippen LogP contribution in [-0.4, -0.2) is 29.5 Å². The van der Waals surface area contributed by atoms with Gasteiger partial charge in [0.25, 0.3) is 5.91 Å². The molecule has 0 aliphatic carbocycles. The van der Waals surface area contributed by atoms with Crippen molar-refractivity contribution in [1.29, 1.82) is 0 Å². The van der Waals surface area contributed by atoms with E-state index in [1.165, 1.54) is 47.4 Å². The Morgan fingerprint density at radius 3 is 2.65 bits per heavy atom. The third-order valence-electron chi connectivity index (χ3n) is 4.45. The largest absolute Gasteiger partial charge is 0.497 e. The Kier molecular flexibility index (Phi) is 6.29. The molecular weight excluding hydrogens is 435 g/mol. The van der Waals surface area contributed by atoms with Crippen LogP contribution in [0.3, 0.4) is 0 Å². The van der Waals surface area contributed by atoms with Crippen molar-refractivity contribution >= 4 is 50.7 Å². The Labute approximate surface area is 186 Å².